The van der Waals surface area contributed by atoms with Crippen molar-refractivity contribution in [1.82, 2.24) is 4.90 Å². The molecule has 1 amide bonds. The molecule has 11 heteroatoms. The molecule has 1 aliphatic heterocycles. The average molecular weight is 638 g/mol. The number of phenols is 1. The minimum absolute atomic E-state index is 0.0207. The maximum absolute atomic E-state index is 13.9. The number of rotatable bonds is 7. The topological polar surface area (TPSA) is 121 Å². The highest BCUT2D eigenvalue weighted by atomic mass is 32.2. The van der Waals surface area contributed by atoms with Crippen molar-refractivity contribution >= 4 is 29.8 Å². The van der Waals surface area contributed by atoms with Crippen molar-refractivity contribution in [3.05, 3.63) is 89.0 Å². The number of carboxylic acid groups (broad SMARTS) is 1. The second-order valence-electron chi connectivity index (χ2n) is 11.6. The molecule has 2 atom stereocenters. The summed E-state index contributed by atoms with van der Waals surface area (Å²) in [6, 6.07) is 16.1. The van der Waals surface area contributed by atoms with Crippen molar-refractivity contribution in [1.29, 1.82) is 0 Å². The van der Waals surface area contributed by atoms with Gasteiger partial charge in [0.25, 0.3) is 0 Å². The molecule has 1 saturated heterocycles. The third kappa shape index (κ3) is 6.89. The van der Waals surface area contributed by atoms with Crippen LogP contribution in [-0.2, 0) is 37.0 Å². The number of benzene rings is 3. The Morgan fingerprint density at radius 2 is 1.60 bits per heavy atom. The van der Waals surface area contributed by atoms with Crippen LogP contribution in [0.4, 0.5) is 8.78 Å². The van der Waals surface area contributed by atoms with Crippen molar-refractivity contribution in [2.45, 2.75) is 67.2 Å². The number of aromatic hydroxyl groups is 1. The van der Waals surface area contributed by atoms with E-state index in [-0.39, 0.29) is 48.1 Å². The molecule has 236 valence electrons. The summed E-state index contributed by atoms with van der Waals surface area (Å²) in [7, 11) is 0. The number of likely N-dealkylation sites (tertiary alicyclic amines) is 1. The summed E-state index contributed by atoms with van der Waals surface area (Å²) in [5, 5.41) is 19.5. The minimum Gasteiger partial charge on any atom is -0.508 e. The normalized spacial score (nSPS) is 23.5. The molecule has 45 heavy (non-hydrogen) atoms. The summed E-state index contributed by atoms with van der Waals surface area (Å²) >= 11 is 1.67. The van der Waals surface area contributed by atoms with E-state index in [0.717, 1.165) is 35.3 Å². The summed E-state index contributed by atoms with van der Waals surface area (Å²) in [5.41, 5.74) is 2.59. The molecule has 1 saturated carbocycles. The second kappa shape index (κ2) is 13.8. The first kappa shape index (κ1) is 32.2. The Hall–Kier alpha value is -4.21. The van der Waals surface area contributed by atoms with Gasteiger partial charge in [-0.25, -0.2) is 8.78 Å². The second-order valence-corrected chi connectivity index (χ2v) is 13.0. The van der Waals surface area contributed by atoms with Crippen LogP contribution in [0.5, 0.6) is 11.5 Å². The van der Waals surface area contributed by atoms with Crippen molar-refractivity contribution in [3.8, 4) is 11.5 Å². The van der Waals surface area contributed by atoms with Crippen molar-refractivity contribution in [3.63, 3.8) is 0 Å². The largest absolute Gasteiger partial charge is 0.508 e. The Bertz CT molecular complexity index is 1590. The molecule has 2 fully saturated rings. The third-order valence-corrected chi connectivity index (χ3v) is 10.7. The number of ether oxygens (including phenoxy) is 1. The Morgan fingerprint density at radius 1 is 0.933 bits per heavy atom. The molecule has 2 unspecified atom stereocenters. The van der Waals surface area contributed by atoms with E-state index in [1.807, 2.05) is 23.1 Å². The van der Waals surface area contributed by atoms with Crippen LogP contribution < -0.4 is 4.74 Å². The first-order valence-corrected chi connectivity index (χ1v) is 15.7. The lowest BCUT2D eigenvalue weighted by Gasteiger charge is -2.43. The predicted octanol–water partition coefficient (Wildman–Crippen LogP) is 6.09. The number of carbonyl (C=O) groups excluding carboxylic acids is 3. The summed E-state index contributed by atoms with van der Waals surface area (Å²) in [5.74, 6) is -1.37. The third-order valence-electron chi connectivity index (χ3n) is 9.12. The van der Waals surface area contributed by atoms with Crippen LogP contribution in [-0.4, -0.2) is 45.7 Å². The number of hydrogen-bond acceptors (Lipinski definition) is 7. The molecule has 0 radical (unpaired) electrons. The molecule has 0 spiro atoms. The number of aryl methyl sites for hydroxylation is 1. The van der Waals surface area contributed by atoms with E-state index >= 15 is 0 Å². The number of carboxylic acids is 1. The molecule has 0 aromatic heterocycles. The van der Waals surface area contributed by atoms with Gasteiger partial charge in [-0.15, -0.1) is 11.8 Å². The Labute approximate surface area is 263 Å². The van der Waals surface area contributed by atoms with Gasteiger partial charge in [0.2, 0.25) is 5.91 Å². The molecule has 6 rings (SSSR count). The number of thioether (sulfide) groups is 1. The molecular formula is C34H33F2NO7S. The van der Waals surface area contributed by atoms with Crippen molar-refractivity contribution < 1.29 is 42.9 Å². The lowest BCUT2D eigenvalue weighted by molar-refractivity contribution is -0.191. The van der Waals surface area contributed by atoms with Crippen molar-refractivity contribution in [2.24, 2.45) is 11.8 Å². The number of amides is 1. The summed E-state index contributed by atoms with van der Waals surface area (Å²) < 4.78 is 33.0. The highest BCUT2D eigenvalue weighted by Gasteiger charge is 2.54. The van der Waals surface area contributed by atoms with Gasteiger partial charge in [0.15, 0.2) is 0 Å². The van der Waals surface area contributed by atoms with Gasteiger partial charge in [0.1, 0.15) is 29.7 Å². The van der Waals surface area contributed by atoms with E-state index in [4.69, 9.17) is 14.3 Å². The molecule has 2 aliphatic carbocycles. The number of phenolic OH excluding ortho intramolecular Hbond substituents is 1. The van der Waals surface area contributed by atoms with Gasteiger partial charge in [-0.3, -0.25) is 9.59 Å². The van der Waals surface area contributed by atoms with Gasteiger partial charge >= 0.3 is 12.1 Å². The molecule has 3 aromatic rings. The quantitative estimate of drug-likeness (QED) is 0.319. The van der Waals surface area contributed by atoms with Crippen LogP contribution in [0, 0.1) is 23.5 Å². The average Bonchev–Trinajstić information content (AvgIpc) is 3.42. The molecule has 2 N–H and O–H groups in total. The Kier molecular flexibility index (Phi) is 9.90. The van der Waals surface area contributed by atoms with Crippen molar-refractivity contribution in [2.75, 3.05) is 6.54 Å². The van der Waals surface area contributed by atoms with Crippen LogP contribution in [0.15, 0.2) is 65.6 Å². The molecule has 1 heterocycles. The smallest absolute Gasteiger partial charge is 0.373 e. The van der Waals surface area contributed by atoms with E-state index in [2.05, 4.69) is 0 Å². The van der Waals surface area contributed by atoms with Crippen LogP contribution in [0.25, 0.3) is 0 Å². The number of nitrogens with zero attached hydrogens (tertiary/aromatic N) is 1. The van der Waals surface area contributed by atoms with E-state index in [9.17, 15) is 28.6 Å². The Morgan fingerprint density at radius 3 is 2.29 bits per heavy atom. The number of fused-ring (bicyclic) bond motifs is 3. The first-order chi connectivity index (χ1) is 21.6. The minimum atomic E-state index is -0.781. The summed E-state index contributed by atoms with van der Waals surface area (Å²) in [6.07, 6.45) is 4.72. The maximum Gasteiger partial charge on any atom is 0.373 e. The van der Waals surface area contributed by atoms with E-state index in [1.54, 1.807) is 23.9 Å². The number of aliphatic carboxylic acids is 1. The molecule has 0 bridgehead atoms. The summed E-state index contributed by atoms with van der Waals surface area (Å²) in [4.78, 5) is 44.5. The fraction of sp³-hybridized carbons (Fsp3) is 0.382. The lowest BCUT2D eigenvalue weighted by atomic mass is 9.77. The number of carbonyl (C=O) groups is 2. The highest BCUT2D eigenvalue weighted by Crippen LogP contribution is 2.57. The van der Waals surface area contributed by atoms with Gasteiger partial charge < -0.3 is 19.8 Å². The monoisotopic (exact) mass is 637 g/mol. The van der Waals surface area contributed by atoms with Gasteiger partial charge in [-0.05, 0) is 111 Å². The molecule has 3 aliphatic rings. The standard InChI is InChI=1S/C33H33F2NO5S.CO2/c34-24-6-10-27(11-7-24)42-33-15-16-36(31(38)20-1-3-21(4-2-20)32(39)40)30(33)14-5-22-18-26(9-12-28(22)33)41-19-23-17-25(35)8-13-29(23)37;2-1-3/h6-13,17-18,20-21,30,37H,1-5,14-16,19H2,(H,39,40);. The maximum atomic E-state index is 13.9. The summed E-state index contributed by atoms with van der Waals surface area (Å²) in [6.45, 7) is 0.625. The van der Waals surface area contributed by atoms with Gasteiger partial charge in [-0.2, -0.15) is 9.59 Å². The first-order valence-electron chi connectivity index (χ1n) is 14.9. The van der Waals surface area contributed by atoms with Gasteiger partial charge in [-0.1, -0.05) is 6.07 Å². The molecule has 3 aromatic carbocycles. The molecular weight excluding hydrogens is 604 g/mol. The number of halogens is 2. The van der Waals surface area contributed by atoms with E-state index in [0.29, 0.717) is 43.5 Å². The SMILES string of the molecule is O=C(O)C1CCC(C(=O)N2CCC3(Sc4ccc(F)cc4)c4ccc(OCc5cc(F)ccc5O)cc4CCC23)CC1.O=C=O. The van der Waals surface area contributed by atoms with E-state index < -0.39 is 16.5 Å². The zero-order chi connectivity index (χ0) is 32.1. The Balaban J connectivity index is 0.00000128. The fourth-order valence-corrected chi connectivity index (χ4v) is 8.52. The van der Waals surface area contributed by atoms with Crippen LogP contribution >= 0.6 is 11.8 Å². The number of hydrogen-bond donors (Lipinski definition) is 2. The van der Waals surface area contributed by atoms with Crippen LogP contribution in [0.3, 0.4) is 0 Å². The highest BCUT2D eigenvalue weighted by molar-refractivity contribution is 8.00. The van der Waals surface area contributed by atoms with Crippen LogP contribution in [0.2, 0.25) is 0 Å². The fourth-order valence-electron chi connectivity index (χ4n) is 6.94. The lowest BCUT2D eigenvalue weighted by Crippen LogP contribution is -2.48. The zero-order valence-corrected chi connectivity index (χ0v) is 25.2. The van der Waals surface area contributed by atoms with E-state index in [1.165, 1.54) is 30.3 Å². The van der Waals surface area contributed by atoms with Gasteiger partial charge in [0, 0.05) is 22.9 Å². The van der Waals surface area contributed by atoms with Crippen LogP contribution in [0.1, 0.15) is 55.2 Å². The van der Waals surface area contributed by atoms with Gasteiger partial charge in [0.05, 0.1) is 16.7 Å². The zero-order valence-electron chi connectivity index (χ0n) is 24.4. The predicted molar refractivity (Wildman–Crippen MR) is 159 cm³/mol. The molecule has 8 nitrogen and oxygen atoms in total.